The van der Waals surface area contributed by atoms with E-state index in [1.54, 1.807) is 0 Å². The molecule has 4 rings (SSSR count). The van der Waals surface area contributed by atoms with Crippen LogP contribution in [0.5, 0.6) is 5.75 Å². The zero-order valence-corrected chi connectivity index (χ0v) is 17.7. The van der Waals surface area contributed by atoms with Crippen molar-refractivity contribution in [3.8, 4) is 16.9 Å². The molecule has 0 radical (unpaired) electrons. The number of rotatable bonds is 6. The summed E-state index contributed by atoms with van der Waals surface area (Å²) in [5.41, 5.74) is 4.56. The Labute approximate surface area is 178 Å². The van der Waals surface area contributed by atoms with Crippen molar-refractivity contribution in [3.63, 3.8) is 0 Å². The average molecular weight is 407 g/mol. The number of aryl methyl sites for hydroxylation is 1. The monoisotopic (exact) mass is 406 g/mol. The van der Waals surface area contributed by atoms with E-state index < -0.39 is 0 Å². The van der Waals surface area contributed by atoms with E-state index in [9.17, 15) is 9.59 Å². The highest BCUT2D eigenvalue weighted by Crippen LogP contribution is 2.35. The summed E-state index contributed by atoms with van der Waals surface area (Å²) in [5.74, 6) is 1.11. The summed E-state index contributed by atoms with van der Waals surface area (Å²) in [6.07, 6.45) is 4.61. The topological polar surface area (TPSA) is 58.6 Å². The third-order valence-electron chi connectivity index (χ3n) is 6.02. The highest BCUT2D eigenvalue weighted by Gasteiger charge is 2.24. The van der Waals surface area contributed by atoms with Crippen LogP contribution in [-0.2, 0) is 9.59 Å². The maximum Gasteiger partial charge on any atom is 0.222 e. The number of piperidine rings is 1. The average Bonchev–Trinajstić information content (AvgIpc) is 2.76. The molecule has 1 fully saturated rings. The molecular formula is C25H30N2O3. The number of ether oxygens (including phenoxy) is 1. The lowest BCUT2D eigenvalue weighted by atomic mass is 9.95. The number of carbonyl (C=O) groups excluding carboxylic acids is 2. The SMILES string of the molecule is Cc1ccc(-c2ccc3c(c2)C(NC(=O)CCCN2CCCCC2=O)CCO3)cc1. The molecule has 2 heterocycles. The summed E-state index contributed by atoms with van der Waals surface area (Å²) in [7, 11) is 0. The second-order valence-electron chi connectivity index (χ2n) is 8.32. The van der Waals surface area contributed by atoms with Crippen molar-refractivity contribution >= 4 is 11.8 Å². The van der Waals surface area contributed by atoms with Crippen molar-refractivity contribution in [3.05, 3.63) is 53.6 Å². The second-order valence-corrected chi connectivity index (χ2v) is 8.32. The van der Waals surface area contributed by atoms with Gasteiger partial charge in [-0.05, 0) is 49.4 Å². The third kappa shape index (κ3) is 4.84. The van der Waals surface area contributed by atoms with E-state index in [0.717, 1.165) is 48.2 Å². The molecule has 0 aliphatic carbocycles. The molecule has 2 aromatic rings. The number of nitrogens with one attached hydrogen (secondary N) is 1. The van der Waals surface area contributed by atoms with Crippen molar-refractivity contribution in [1.29, 1.82) is 0 Å². The fourth-order valence-corrected chi connectivity index (χ4v) is 4.27. The first-order valence-electron chi connectivity index (χ1n) is 11.0. The molecule has 158 valence electrons. The Morgan fingerprint density at radius 2 is 1.93 bits per heavy atom. The van der Waals surface area contributed by atoms with Gasteiger partial charge in [0.05, 0.1) is 12.6 Å². The van der Waals surface area contributed by atoms with Crippen molar-refractivity contribution in [2.45, 2.75) is 51.5 Å². The van der Waals surface area contributed by atoms with Gasteiger partial charge in [-0.2, -0.15) is 0 Å². The lowest BCUT2D eigenvalue weighted by Crippen LogP contribution is -2.37. The van der Waals surface area contributed by atoms with E-state index in [1.165, 1.54) is 5.56 Å². The molecule has 2 aliphatic heterocycles. The normalized spacial score (nSPS) is 18.5. The molecule has 0 aromatic heterocycles. The van der Waals surface area contributed by atoms with Crippen LogP contribution >= 0.6 is 0 Å². The number of amides is 2. The fourth-order valence-electron chi connectivity index (χ4n) is 4.27. The zero-order chi connectivity index (χ0) is 20.9. The van der Waals surface area contributed by atoms with Gasteiger partial charge in [-0.1, -0.05) is 35.9 Å². The third-order valence-corrected chi connectivity index (χ3v) is 6.02. The van der Waals surface area contributed by atoms with Gasteiger partial charge in [0.15, 0.2) is 0 Å². The van der Waals surface area contributed by atoms with Crippen LogP contribution in [0.1, 0.15) is 55.7 Å². The highest BCUT2D eigenvalue weighted by molar-refractivity contribution is 5.78. The van der Waals surface area contributed by atoms with E-state index in [1.807, 2.05) is 11.0 Å². The van der Waals surface area contributed by atoms with Gasteiger partial charge in [-0.25, -0.2) is 0 Å². The van der Waals surface area contributed by atoms with Crippen LogP contribution in [-0.4, -0.2) is 36.4 Å². The minimum atomic E-state index is -0.0386. The lowest BCUT2D eigenvalue weighted by Gasteiger charge is -2.28. The van der Waals surface area contributed by atoms with Crippen molar-refractivity contribution < 1.29 is 14.3 Å². The summed E-state index contributed by atoms with van der Waals surface area (Å²) in [6.45, 7) is 4.19. The molecular weight excluding hydrogens is 376 g/mol. The summed E-state index contributed by atoms with van der Waals surface area (Å²) < 4.78 is 5.82. The van der Waals surface area contributed by atoms with Gasteiger partial charge in [0.2, 0.25) is 11.8 Å². The van der Waals surface area contributed by atoms with Crippen molar-refractivity contribution in [2.75, 3.05) is 19.7 Å². The Kier molecular flexibility index (Phi) is 6.36. The summed E-state index contributed by atoms with van der Waals surface area (Å²) in [5, 5.41) is 3.19. The molecule has 1 saturated heterocycles. The number of hydrogen-bond donors (Lipinski definition) is 1. The molecule has 0 bridgehead atoms. The van der Waals surface area contributed by atoms with Gasteiger partial charge in [-0.15, -0.1) is 0 Å². The van der Waals surface area contributed by atoms with Crippen LogP contribution < -0.4 is 10.1 Å². The smallest absolute Gasteiger partial charge is 0.222 e. The van der Waals surface area contributed by atoms with Gasteiger partial charge < -0.3 is 15.0 Å². The van der Waals surface area contributed by atoms with Crippen molar-refractivity contribution in [2.24, 2.45) is 0 Å². The Hall–Kier alpha value is -2.82. The summed E-state index contributed by atoms with van der Waals surface area (Å²) >= 11 is 0. The highest BCUT2D eigenvalue weighted by atomic mass is 16.5. The molecule has 1 unspecified atom stereocenters. The van der Waals surface area contributed by atoms with Gasteiger partial charge in [0.1, 0.15) is 5.75 Å². The largest absolute Gasteiger partial charge is 0.493 e. The maximum atomic E-state index is 12.6. The Morgan fingerprint density at radius 1 is 1.13 bits per heavy atom. The molecule has 2 amide bonds. The maximum absolute atomic E-state index is 12.6. The number of fused-ring (bicyclic) bond motifs is 1. The quantitative estimate of drug-likeness (QED) is 0.774. The molecule has 1 N–H and O–H groups in total. The molecule has 2 aliphatic rings. The second kappa shape index (κ2) is 9.33. The molecule has 30 heavy (non-hydrogen) atoms. The number of carbonyl (C=O) groups is 2. The lowest BCUT2D eigenvalue weighted by molar-refractivity contribution is -0.133. The van der Waals surface area contributed by atoms with Gasteiger partial charge in [0.25, 0.3) is 0 Å². The van der Waals surface area contributed by atoms with Gasteiger partial charge in [0, 0.05) is 37.9 Å². The Bertz CT molecular complexity index is 907. The van der Waals surface area contributed by atoms with Crippen LogP contribution in [0.2, 0.25) is 0 Å². The fraction of sp³-hybridized carbons (Fsp3) is 0.440. The number of nitrogens with zero attached hydrogens (tertiary/aromatic N) is 1. The van der Waals surface area contributed by atoms with Crippen LogP contribution in [0.15, 0.2) is 42.5 Å². The van der Waals surface area contributed by atoms with Crippen LogP contribution in [0.3, 0.4) is 0 Å². The Balaban J connectivity index is 1.38. The van der Waals surface area contributed by atoms with E-state index in [2.05, 4.69) is 48.6 Å². The minimum absolute atomic E-state index is 0.0386. The van der Waals surface area contributed by atoms with E-state index in [-0.39, 0.29) is 17.9 Å². The molecule has 0 spiro atoms. The van der Waals surface area contributed by atoms with Crippen LogP contribution in [0.4, 0.5) is 0 Å². The predicted octanol–water partition coefficient (Wildman–Crippen LogP) is 4.39. The summed E-state index contributed by atoms with van der Waals surface area (Å²) in [6, 6.07) is 14.6. The number of likely N-dealkylation sites (tertiary alicyclic amines) is 1. The number of benzene rings is 2. The van der Waals surface area contributed by atoms with E-state index in [0.29, 0.717) is 32.4 Å². The molecule has 5 heteroatoms. The molecule has 1 atom stereocenters. The molecule has 2 aromatic carbocycles. The Morgan fingerprint density at radius 3 is 2.73 bits per heavy atom. The first-order chi connectivity index (χ1) is 14.6. The van der Waals surface area contributed by atoms with Gasteiger partial charge in [-0.3, -0.25) is 9.59 Å². The standard InChI is InChI=1S/C25H30N2O3/c1-18-7-9-19(10-8-18)20-11-12-23-21(17-20)22(13-16-30-23)26-24(28)5-4-15-27-14-3-2-6-25(27)29/h7-12,17,22H,2-6,13-16H2,1H3,(H,26,28). The minimum Gasteiger partial charge on any atom is -0.493 e. The van der Waals surface area contributed by atoms with E-state index >= 15 is 0 Å². The van der Waals surface area contributed by atoms with Crippen molar-refractivity contribution in [1.82, 2.24) is 10.2 Å². The zero-order valence-electron chi connectivity index (χ0n) is 17.7. The van der Waals surface area contributed by atoms with Crippen LogP contribution in [0.25, 0.3) is 11.1 Å². The molecule has 0 saturated carbocycles. The first kappa shape index (κ1) is 20.5. The van der Waals surface area contributed by atoms with Gasteiger partial charge >= 0.3 is 0 Å². The predicted molar refractivity (Wildman–Crippen MR) is 117 cm³/mol. The first-order valence-corrected chi connectivity index (χ1v) is 11.0. The number of hydrogen-bond acceptors (Lipinski definition) is 3. The van der Waals surface area contributed by atoms with Crippen LogP contribution in [0, 0.1) is 6.92 Å². The molecule has 5 nitrogen and oxygen atoms in total. The van der Waals surface area contributed by atoms with E-state index in [4.69, 9.17) is 4.74 Å². The summed E-state index contributed by atoms with van der Waals surface area (Å²) in [4.78, 5) is 26.4.